The maximum atomic E-state index is 6.50. The molecule has 2 nitrogen and oxygen atoms in total. The molecule has 0 atom stereocenters. The number of hydrogen-bond acceptors (Lipinski definition) is 4. The van der Waals surface area contributed by atoms with Crippen LogP contribution in [-0.2, 0) is 5.54 Å². The molecule has 2 aromatic heterocycles. The van der Waals surface area contributed by atoms with Gasteiger partial charge in [-0.1, -0.05) is 19.3 Å². The summed E-state index contributed by atoms with van der Waals surface area (Å²) < 4.78 is 0. The average Bonchev–Trinajstić information content (AvgIpc) is 3.01. The van der Waals surface area contributed by atoms with Gasteiger partial charge in [0.05, 0.1) is 11.2 Å². The van der Waals surface area contributed by atoms with E-state index in [1.165, 1.54) is 24.8 Å². The summed E-state index contributed by atoms with van der Waals surface area (Å²) in [5.41, 5.74) is 8.65. The van der Waals surface area contributed by atoms with Gasteiger partial charge in [0.2, 0.25) is 0 Å². The van der Waals surface area contributed by atoms with Gasteiger partial charge in [0, 0.05) is 16.3 Å². The smallest absolute Gasteiger partial charge is 0.113 e. The molecular weight excluding hydrogens is 248 g/mol. The molecule has 2 N–H and O–H groups in total. The Balaban J connectivity index is 1.89. The number of hydrogen-bond donors (Lipinski definition) is 1. The highest BCUT2D eigenvalue weighted by molar-refractivity contribution is 7.10. The number of thiophene rings is 1. The van der Waals surface area contributed by atoms with Crippen LogP contribution in [0.4, 0.5) is 0 Å². The Hall–Kier alpha value is -0.710. The highest BCUT2D eigenvalue weighted by Gasteiger charge is 2.32. The minimum atomic E-state index is -0.156. The summed E-state index contributed by atoms with van der Waals surface area (Å²) in [5.74, 6) is 0. The molecule has 1 aliphatic rings. The number of nitrogens with zero attached hydrogens (tertiary/aromatic N) is 1. The first-order chi connectivity index (χ1) is 8.28. The van der Waals surface area contributed by atoms with Gasteiger partial charge < -0.3 is 5.73 Å². The molecule has 17 heavy (non-hydrogen) atoms. The lowest BCUT2D eigenvalue weighted by Crippen LogP contribution is -2.38. The predicted octanol–water partition coefficient (Wildman–Crippen LogP) is 3.99. The molecule has 1 aliphatic carbocycles. The van der Waals surface area contributed by atoms with E-state index in [9.17, 15) is 0 Å². The maximum Gasteiger partial charge on any atom is 0.113 e. The van der Waals surface area contributed by atoms with Crippen molar-refractivity contribution in [1.29, 1.82) is 0 Å². The molecule has 4 heteroatoms. The van der Waals surface area contributed by atoms with Gasteiger partial charge in [-0.15, -0.1) is 11.3 Å². The lowest BCUT2D eigenvalue weighted by molar-refractivity contribution is 0.301. The zero-order valence-electron chi connectivity index (χ0n) is 9.69. The van der Waals surface area contributed by atoms with Gasteiger partial charge in [-0.3, -0.25) is 0 Å². The van der Waals surface area contributed by atoms with Crippen LogP contribution in [0.3, 0.4) is 0 Å². The molecule has 0 spiro atoms. The first-order valence-electron chi connectivity index (χ1n) is 6.05. The molecule has 0 aromatic carbocycles. The first-order valence-corrected chi connectivity index (χ1v) is 7.88. The largest absolute Gasteiger partial charge is 0.319 e. The van der Waals surface area contributed by atoms with Crippen LogP contribution < -0.4 is 5.73 Å². The molecule has 1 saturated carbocycles. The van der Waals surface area contributed by atoms with Gasteiger partial charge >= 0.3 is 0 Å². The Bertz CT molecular complexity index is 481. The van der Waals surface area contributed by atoms with E-state index >= 15 is 0 Å². The molecule has 0 radical (unpaired) electrons. The summed E-state index contributed by atoms with van der Waals surface area (Å²) in [6.07, 6.45) is 5.97. The second-order valence-corrected chi connectivity index (χ2v) is 6.40. The van der Waals surface area contributed by atoms with E-state index in [0.717, 1.165) is 23.5 Å². The maximum absolute atomic E-state index is 6.50. The molecule has 0 saturated heterocycles. The van der Waals surface area contributed by atoms with Crippen LogP contribution in [0.1, 0.15) is 37.1 Å². The van der Waals surface area contributed by atoms with E-state index in [-0.39, 0.29) is 5.54 Å². The summed E-state index contributed by atoms with van der Waals surface area (Å²) in [5, 5.41) is 7.50. The van der Waals surface area contributed by atoms with Crippen LogP contribution in [0.25, 0.3) is 11.3 Å². The molecule has 0 amide bonds. The van der Waals surface area contributed by atoms with Crippen molar-refractivity contribution in [2.24, 2.45) is 5.73 Å². The van der Waals surface area contributed by atoms with Crippen molar-refractivity contribution < 1.29 is 0 Å². The van der Waals surface area contributed by atoms with Gasteiger partial charge in [0.1, 0.15) is 5.01 Å². The van der Waals surface area contributed by atoms with E-state index in [4.69, 9.17) is 10.7 Å². The quantitative estimate of drug-likeness (QED) is 0.890. The number of aromatic nitrogens is 1. The Labute approximate surface area is 110 Å². The average molecular weight is 264 g/mol. The SMILES string of the molecule is NC1(c2nc(-c3ccsc3)cs2)CCCCC1. The topological polar surface area (TPSA) is 38.9 Å². The molecule has 90 valence electrons. The van der Waals surface area contributed by atoms with Crippen LogP contribution in [0.2, 0.25) is 0 Å². The van der Waals surface area contributed by atoms with E-state index in [1.54, 1.807) is 22.7 Å². The highest BCUT2D eigenvalue weighted by atomic mass is 32.1. The molecule has 0 unspecified atom stereocenters. The molecular formula is C13H16N2S2. The second-order valence-electron chi connectivity index (χ2n) is 4.77. The Morgan fingerprint density at radius 3 is 2.71 bits per heavy atom. The summed E-state index contributed by atoms with van der Waals surface area (Å²) in [7, 11) is 0. The molecule has 2 aromatic rings. The minimum Gasteiger partial charge on any atom is -0.319 e. The van der Waals surface area contributed by atoms with Gasteiger partial charge in [0.15, 0.2) is 0 Å². The van der Waals surface area contributed by atoms with Gasteiger partial charge in [0.25, 0.3) is 0 Å². The monoisotopic (exact) mass is 264 g/mol. The zero-order chi connectivity index (χ0) is 11.7. The molecule has 3 rings (SSSR count). The molecule has 1 fully saturated rings. The number of thiazole rings is 1. The van der Waals surface area contributed by atoms with Gasteiger partial charge in [-0.05, 0) is 24.3 Å². The molecule has 0 aliphatic heterocycles. The Morgan fingerprint density at radius 2 is 2.00 bits per heavy atom. The highest BCUT2D eigenvalue weighted by Crippen LogP contribution is 2.37. The fraction of sp³-hybridized carbons (Fsp3) is 0.462. The van der Waals surface area contributed by atoms with Crippen molar-refractivity contribution in [2.45, 2.75) is 37.6 Å². The van der Waals surface area contributed by atoms with Gasteiger partial charge in [-0.2, -0.15) is 11.3 Å². The van der Waals surface area contributed by atoms with E-state index in [0.29, 0.717) is 0 Å². The van der Waals surface area contributed by atoms with Crippen LogP contribution >= 0.6 is 22.7 Å². The summed E-state index contributed by atoms with van der Waals surface area (Å²) in [6, 6.07) is 2.12. The van der Waals surface area contributed by atoms with Crippen LogP contribution in [0.15, 0.2) is 22.2 Å². The van der Waals surface area contributed by atoms with Crippen molar-refractivity contribution in [3.05, 3.63) is 27.2 Å². The fourth-order valence-electron chi connectivity index (χ4n) is 2.44. The lowest BCUT2D eigenvalue weighted by atomic mass is 9.83. The van der Waals surface area contributed by atoms with E-state index in [2.05, 4.69) is 22.2 Å². The molecule has 2 heterocycles. The second kappa shape index (κ2) is 4.52. The standard InChI is InChI=1S/C13H16N2S2/c14-13(5-2-1-3-6-13)12-15-11(9-17-12)10-4-7-16-8-10/h4,7-9H,1-3,5-6,14H2. The normalized spacial score (nSPS) is 19.4. The molecule has 0 bridgehead atoms. The third-order valence-corrected chi connectivity index (χ3v) is 5.24. The summed E-state index contributed by atoms with van der Waals surface area (Å²) in [4.78, 5) is 4.75. The van der Waals surface area contributed by atoms with E-state index in [1.807, 2.05) is 0 Å². The van der Waals surface area contributed by atoms with E-state index < -0.39 is 0 Å². The minimum absolute atomic E-state index is 0.156. The van der Waals surface area contributed by atoms with Gasteiger partial charge in [-0.25, -0.2) is 4.98 Å². The van der Waals surface area contributed by atoms with Crippen molar-refractivity contribution in [3.63, 3.8) is 0 Å². The van der Waals surface area contributed by atoms with Crippen LogP contribution in [0.5, 0.6) is 0 Å². The van der Waals surface area contributed by atoms with Crippen molar-refractivity contribution in [1.82, 2.24) is 4.98 Å². The first kappa shape index (κ1) is 11.4. The zero-order valence-corrected chi connectivity index (χ0v) is 11.3. The fourth-order valence-corrected chi connectivity index (χ4v) is 4.09. The Kier molecular flexibility index (Phi) is 3.03. The summed E-state index contributed by atoms with van der Waals surface area (Å²) in [6.45, 7) is 0. The third-order valence-electron chi connectivity index (χ3n) is 3.49. The van der Waals surface area contributed by atoms with Crippen molar-refractivity contribution in [2.75, 3.05) is 0 Å². The summed E-state index contributed by atoms with van der Waals surface area (Å²) >= 11 is 3.43. The van der Waals surface area contributed by atoms with Crippen LogP contribution in [0, 0.1) is 0 Å². The van der Waals surface area contributed by atoms with Crippen molar-refractivity contribution >= 4 is 22.7 Å². The number of nitrogens with two attached hydrogens (primary N) is 1. The van der Waals surface area contributed by atoms with Crippen LogP contribution in [-0.4, -0.2) is 4.98 Å². The third kappa shape index (κ3) is 2.17. The lowest BCUT2D eigenvalue weighted by Gasteiger charge is -2.31. The predicted molar refractivity (Wildman–Crippen MR) is 74.4 cm³/mol. The Morgan fingerprint density at radius 1 is 1.18 bits per heavy atom. The van der Waals surface area contributed by atoms with Crippen molar-refractivity contribution in [3.8, 4) is 11.3 Å². The number of rotatable bonds is 2.